The molecule has 0 amide bonds. The van der Waals surface area contributed by atoms with E-state index in [9.17, 15) is 38.8 Å². The number of hydrogen-bond acceptors (Lipinski definition) is 11. The molecule has 2 aromatic carbocycles. The number of carbonyl (C=O) groups is 4. The number of halogens is 2. The molecule has 0 spiro atoms. The summed E-state index contributed by atoms with van der Waals surface area (Å²) in [7, 11) is -4.93. The van der Waals surface area contributed by atoms with Gasteiger partial charge in [-0.3, -0.25) is 28.2 Å². The number of ether oxygens (including phenoxy) is 2. The van der Waals surface area contributed by atoms with E-state index in [2.05, 4.69) is 24.5 Å². The molecule has 0 heterocycles. The smallest absolute Gasteiger partial charge is 0.472 e. The first-order chi connectivity index (χ1) is 33.4. The van der Waals surface area contributed by atoms with Crippen molar-refractivity contribution in [1.29, 1.82) is 0 Å². The van der Waals surface area contributed by atoms with Crippen LogP contribution in [0, 0.1) is 17.8 Å². The number of hydrogen-bond donors (Lipinski definition) is 5. The quantitative estimate of drug-likeness (QED) is 0.0238. The molecular weight excluding hydrogens is 970 g/mol. The molecule has 2 aromatic rings. The maximum Gasteiger partial charge on any atom is 0.472 e. The van der Waals surface area contributed by atoms with Crippen molar-refractivity contribution in [2.45, 2.75) is 194 Å². The zero-order chi connectivity index (χ0) is 50.2. The Labute approximate surface area is 438 Å². The average Bonchev–Trinajstić information content (AvgIpc) is 3.33. The number of carboxylic acid groups (broad SMARTS) is 2. The van der Waals surface area contributed by atoms with Gasteiger partial charge in [0.25, 0.3) is 0 Å². The summed E-state index contributed by atoms with van der Waals surface area (Å²) in [5.74, 6) is -6.17. The molecule has 0 saturated carbocycles. The maximum atomic E-state index is 13.5. The van der Waals surface area contributed by atoms with Gasteiger partial charge in [0.15, 0.2) is 6.10 Å². The van der Waals surface area contributed by atoms with E-state index in [-0.39, 0.29) is 57.0 Å². The number of rotatable bonds is 46. The zero-order valence-electron chi connectivity index (χ0n) is 43.0. The Balaban J connectivity index is 0.0000245. The zero-order valence-corrected chi connectivity index (χ0v) is 45.5. The fourth-order valence-electron chi connectivity index (χ4n) is 8.41. The molecule has 0 aromatic heterocycles. The normalized spacial score (nSPS) is 13.7. The van der Waals surface area contributed by atoms with Gasteiger partial charge in [-0.15, -0.1) is 24.8 Å². The molecule has 0 radical (unpaired) electrons. The molecule has 5 unspecified atom stereocenters. The van der Waals surface area contributed by atoms with Crippen molar-refractivity contribution in [2.75, 3.05) is 32.9 Å². The standard InChI is InChI=1S/C54H89N2O12P.2ClH/c1-3-5-7-9-11-13-15-17-19-27-33-47(53(59)60)39-48(50(54(61)62)34-28-20-18-16-14-12-10-8-6-4-2)42-66-69(63,64)67-44-49(68-52(58)36-38-56-41-46-31-25-22-26-32-46)43-65-51(57)35-37-55-40-45-29-23-21-24-30-45;;/h21-26,29-32,47-50,55-56H,3-20,27-28,33-44H2,1-2H3,(H,59,60)(H,61,62)(H,63,64);2*1H. The summed E-state index contributed by atoms with van der Waals surface area (Å²) in [5.41, 5.74) is 2.08. The number of phosphoric ester groups is 1. The van der Waals surface area contributed by atoms with Crippen LogP contribution in [0.25, 0.3) is 0 Å². The lowest BCUT2D eigenvalue weighted by Gasteiger charge is -2.27. The van der Waals surface area contributed by atoms with Crippen molar-refractivity contribution >= 4 is 56.5 Å². The van der Waals surface area contributed by atoms with Gasteiger partial charge in [-0.1, -0.05) is 203 Å². The van der Waals surface area contributed by atoms with Crippen LogP contribution in [0.5, 0.6) is 0 Å². The largest absolute Gasteiger partial charge is 0.481 e. The molecule has 0 bridgehead atoms. The Kier molecular flexibility index (Phi) is 42.5. The molecule has 14 nitrogen and oxygen atoms in total. The fourth-order valence-corrected chi connectivity index (χ4v) is 9.22. The molecule has 0 fully saturated rings. The molecule has 17 heteroatoms. The van der Waals surface area contributed by atoms with E-state index in [4.69, 9.17) is 18.5 Å². The van der Waals surface area contributed by atoms with Gasteiger partial charge in [0.05, 0.1) is 37.9 Å². The first-order valence-electron chi connectivity index (χ1n) is 26.4. The number of unbranched alkanes of at least 4 members (excludes halogenated alkanes) is 18. The Morgan fingerprint density at radius 3 is 1.42 bits per heavy atom. The van der Waals surface area contributed by atoms with Crippen LogP contribution in [0.3, 0.4) is 0 Å². The first-order valence-corrected chi connectivity index (χ1v) is 27.8. The predicted molar refractivity (Wildman–Crippen MR) is 286 cm³/mol. The summed E-state index contributed by atoms with van der Waals surface area (Å²) >= 11 is 0. The van der Waals surface area contributed by atoms with E-state index in [0.717, 1.165) is 62.5 Å². The predicted octanol–water partition coefficient (Wildman–Crippen LogP) is 12.8. The number of carbonyl (C=O) groups excluding carboxylic acids is 2. The van der Waals surface area contributed by atoms with Crippen LogP contribution >= 0.6 is 32.6 Å². The third-order valence-corrected chi connectivity index (χ3v) is 13.5. The lowest BCUT2D eigenvalue weighted by Crippen LogP contribution is -2.32. The second-order valence-electron chi connectivity index (χ2n) is 18.6. The highest BCUT2D eigenvalue weighted by molar-refractivity contribution is 7.47. The van der Waals surface area contributed by atoms with Crippen LogP contribution < -0.4 is 10.6 Å². The van der Waals surface area contributed by atoms with Crippen molar-refractivity contribution in [1.82, 2.24) is 10.6 Å². The van der Waals surface area contributed by atoms with Crippen LogP contribution in [-0.2, 0) is 55.4 Å². The molecular formula is C54H91Cl2N2O12P. The molecule has 5 N–H and O–H groups in total. The minimum absolute atomic E-state index is 0. The van der Waals surface area contributed by atoms with E-state index in [1.807, 2.05) is 60.7 Å². The first kappa shape index (κ1) is 67.9. The van der Waals surface area contributed by atoms with Crippen molar-refractivity contribution in [3.63, 3.8) is 0 Å². The summed E-state index contributed by atoms with van der Waals surface area (Å²) in [6.45, 7) is 4.41. The van der Waals surface area contributed by atoms with Crippen LogP contribution in [0.15, 0.2) is 60.7 Å². The minimum atomic E-state index is -4.93. The summed E-state index contributed by atoms with van der Waals surface area (Å²) in [6, 6.07) is 19.3. The third-order valence-electron chi connectivity index (χ3n) is 12.6. The number of esters is 2. The van der Waals surface area contributed by atoms with Crippen molar-refractivity contribution in [3.05, 3.63) is 71.8 Å². The van der Waals surface area contributed by atoms with Crippen LogP contribution in [-0.4, -0.2) is 78.0 Å². The lowest BCUT2D eigenvalue weighted by molar-refractivity contribution is -0.161. The van der Waals surface area contributed by atoms with Crippen molar-refractivity contribution in [2.24, 2.45) is 17.8 Å². The lowest BCUT2D eigenvalue weighted by atomic mass is 9.80. The highest BCUT2D eigenvalue weighted by Gasteiger charge is 2.35. The monoisotopic (exact) mass is 1060 g/mol. The summed E-state index contributed by atoms with van der Waals surface area (Å²) in [5, 5.41) is 27.1. The second-order valence-corrected chi connectivity index (χ2v) is 20.1. The Morgan fingerprint density at radius 1 is 0.549 bits per heavy atom. The Morgan fingerprint density at radius 2 is 0.972 bits per heavy atom. The van der Waals surface area contributed by atoms with Crippen LogP contribution in [0.4, 0.5) is 0 Å². The molecule has 0 aliphatic carbocycles. The number of nitrogens with one attached hydrogen (secondary N) is 2. The summed E-state index contributed by atoms with van der Waals surface area (Å²) in [4.78, 5) is 62.1. The second kappa shape index (κ2) is 44.4. The number of aliphatic carboxylic acids is 2. The summed E-state index contributed by atoms with van der Waals surface area (Å²) in [6.07, 6.45) is 20.9. The average molecular weight is 1060 g/mol. The number of benzene rings is 2. The van der Waals surface area contributed by atoms with Crippen LogP contribution in [0.1, 0.15) is 185 Å². The van der Waals surface area contributed by atoms with Gasteiger partial charge >= 0.3 is 31.7 Å². The maximum absolute atomic E-state index is 13.5. The minimum Gasteiger partial charge on any atom is -0.481 e. The van der Waals surface area contributed by atoms with Gasteiger partial charge in [-0.2, -0.15) is 0 Å². The Bertz CT molecular complexity index is 1680. The molecule has 2 rings (SSSR count). The molecule has 71 heavy (non-hydrogen) atoms. The third kappa shape index (κ3) is 36.5. The summed E-state index contributed by atoms with van der Waals surface area (Å²) < 4.78 is 35.3. The number of phosphoric acid groups is 1. The SMILES string of the molecule is CCCCCCCCCCCCC(CC(COP(=O)(O)OCC(COC(=O)CCNCc1ccccc1)OC(=O)CCNCc1ccccc1)C(CCCCCCCCCCCC)C(=O)O)C(=O)O.Cl.Cl. The van der Waals surface area contributed by atoms with E-state index in [1.165, 1.54) is 64.2 Å². The van der Waals surface area contributed by atoms with Gasteiger partial charge in [-0.25, -0.2) is 4.57 Å². The van der Waals surface area contributed by atoms with Gasteiger partial charge < -0.3 is 35.2 Å². The van der Waals surface area contributed by atoms with E-state index in [1.54, 1.807) is 0 Å². The Hall–Kier alpha value is -3.07. The van der Waals surface area contributed by atoms with Crippen molar-refractivity contribution in [3.8, 4) is 0 Å². The van der Waals surface area contributed by atoms with Gasteiger partial charge in [0, 0.05) is 26.2 Å². The van der Waals surface area contributed by atoms with E-state index < -0.39 is 75.4 Å². The topological polar surface area (TPSA) is 207 Å². The molecule has 0 aliphatic rings. The van der Waals surface area contributed by atoms with Gasteiger partial charge in [0.2, 0.25) is 0 Å². The highest BCUT2D eigenvalue weighted by Crippen LogP contribution is 2.45. The van der Waals surface area contributed by atoms with Crippen LogP contribution in [0.2, 0.25) is 0 Å². The molecule has 0 aliphatic heterocycles. The van der Waals surface area contributed by atoms with E-state index >= 15 is 0 Å². The van der Waals surface area contributed by atoms with Crippen molar-refractivity contribution < 1.29 is 57.4 Å². The molecule has 5 atom stereocenters. The highest BCUT2D eigenvalue weighted by atomic mass is 35.5. The number of carboxylic acids is 2. The molecule has 0 saturated heterocycles. The fraction of sp³-hybridized carbons (Fsp3) is 0.704. The molecule has 408 valence electrons. The van der Waals surface area contributed by atoms with Gasteiger partial charge in [0.1, 0.15) is 6.61 Å². The van der Waals surface area contributed by atoms with E-state index in [0.29, 0.717) is 38.9 Å². The van der Waals surface area contributed by atoms with Gasteiger partial charge in [-0.05, 0) is 36.3 Å².